The minimum Gasteiger partial charge on any atom is -0.342 e. The molecule has 24 heavy (non-hydrogen) atoms. The lowest BCUT2D eigenvalue weighted by Gasteiger charge is -2.37. The van der Waals surface area contributed by atoms with Crippen LogP contribution in [0.5, 0.6) is 0 Å². The van der Waals surface area contributed by atoms with Crippen molar-refractivity contribution < 1.29 is 9.59 Å². The first kappa shape index (κ1) is 17.3. The van der Waals surface area contributed by atoms with Crippen LogP contribution in [0.4, 0.5) is 0 Å². The van der Waals surface area contributed by atoms with Crippen molar-refractivity contribution in [2.24, 2.45) is 0 Å². The van der Waals surface area contributed by atoms with Gasteiger partial charge in [-0.1, -0.05) is 31.2 Å². The van der Waals surface area contributed by atoms with Gasteiger partial charge in [-0.2, -0.15) is 0 Å². The zero-order valence-corrected chi connectivity index (χ0v) is 15.5. The number of benzene rings is 1. The molecule has 0 unspecified atom stereocenters. The Morgan fingerprint density at radius 2 is 1.92 bits per heavy atom. The Bertz CT molecular complexity index is 619. The van der Waals surface area contributed by atoms with Crippen molar-refractivity contribution in [1.29, 1.82) is 0 Å². The van der Waals surface area contributed by atoms with E-state index in [1.165, 1.54) is 11.1 Å². The van der Waals surface area contributed by atoms with Crippen LogP contribution in [0.25, 0.3) is 0 Å². The van der Waals surface area contributed by atoms with Gasteiger partial charge in [0.05, 0.1) is 4.75 Å². The van der Waals surface area contributed by atoms with Crippen LogP contribution in [-0.2, 0) is 22.4 Å². The Balaban J connectivity index is 1.72. The van der Waals surface area contributed by atoms with Crippen molar-refractivity contribution in [3.63, 3.8) is 0 Å². The van der Waals surface area contributed by atoms with Crippen molar-refractivity contribution in [2.45, 2.75) is 56.9 Å². The van der Waals surface area contributed by atoms with E-state index >= 15 is 0 Å². The second-order valence-corrected chi connectivity index (χ2v) is 8.85. The van der Waals surface area contributed by atoms with E-state index in [1.807, 2.05) is 18.7 Å². The number of nitrogens with zero attached hydrogens (tertiary/aromatic N) is 1. The molecule has 0 aromatic heterocycles. The standard InChI is InChI=1S/C19H26N2O2S/c1-4-9-21(15-10-13-7-5-6-8-14(13)11-15)17(22)16-12-24-19(2,3)18(23)20-16/h5-8,15-16H,4,9-12H2,1-3H3,(H,20,23)/t16-/m0/s1. The van der Waals surface area contributed by atoms with Crippen molar-refractivity contribution >= 4 is 23.6 Å². The van der Waals surface area contributed by atoms with E-state index in [0.29, 0.717) is 5.75 Å². The molecule has 2 amide bonds. The number of fused-ring (bicyclic) bond motifs is 1. The number of carbonyl (C=O) groups is 2. The number of amides is 2. The monoisotopic (exact) mass is 346 g/mol. The van der Waals surface area contributed by atoms with Crippen LogP contribution in [0, 0.1) is 0 Å². The van der Waals surface area contributed by atoms with Crippen molar-refractivity contribution in [3.05, 3.63) is 35.4 Å². The van der Waals surface area contributed by atoms with E-state index in [2.05, 4.69) is 36.5 Å². The SMILES string of the molecule is CCCN(C(=O)[C@@H]1CSC(C)(C)C(=O)N1)C1Cc2ccccc2C1. The molecule has 1 N–H and O–H groups in total. The number of rotatable bonds is 4. The summed E-state index contributed by atoms with van der Waals surface area (Å²) in [6, 6.07) is 8.26. The number of thioether (sulfide) groups is 1. The van der Waals surface area contributed by atoms with Gasteiger partial charge in [0.15, 0.2) is 0 Å². The Labute approximate surface area is 148 Å². The summed E-state index contributed by atoms with van der Waals surface area (Å²) in [6.07, 6.45) is 2.76. The fraction of sp³-hybridized carbons (Fsp3) is 0.579. The molecule has 130 valence electrons. The normalized spacial score (nSPS) is 22.8. The zero-order chi connectivity index (χ0) is 17.3. The van der Waals surface area contributed by atoms with Gasteiger partial charge in [0.2, 0.25) is 11.8 Å². The minimum atomic E-state index is -0.448. The van der Waals surface area contributed by atoms with Crippen LogP contribution in [0.1, 0.15) is 38.3 Å². The topological polar surface area (TPSA) is 49.4 Å². The Morgan fingerprint density at radius 3 is 2.46 bits per heavy atom. The first-order valence-corrected chi connectivity index (χ1v) is 9.73. The van der Waals surface area contributed by atoms with Gasteiger partial charge in [-0.25, -0.2) is 0 Å². The molecule has 0 saturated carbocycles. The summed E-state index contributed by atoms with van der Waals surface area (Å²) in [6.45, 7) is 6.66. The summed E-state index contributed by atoms with van der Waals surface area (Å²) in [7, 11) is 0. The zero-order valence-electron chi connectivity index (χ0n) is 14.7. The summed E-state index contributed by atoms with van der Waals surface area (Å²) in [5.74, 6) is 0.687. The minimum absolute atomic E-state index is 0.0387. The lowest BCUT2D eigenvalue weighted by atomic mass is 10.1. The van der Waals surface area contributed by atoms with E-state index in [4.69, 9.17) is 0 Å². The fourth-order valence-electron chi connectivity index (χ4n) is 3.53. The molecule has 0 bridgehead atoms. The Hall–Kier alpha value is -1.49. The number of carbonyl (C=O) groups excluding carboxylic acids is 2. The Kier molecular flexibility index (Phi) is 4.90. The molecule has 1 heterocycles. The first-order valence-electron chi connectivity index (χ1n) is 8.74. The molecule has 3 rings (SSSR count). The van der Waals surface area contributed by atoms with Gasteiger partial charge in [-0.3, -0.25) is 9.59 Å². The second-order valence-electron chi connectivity index (χ2n) is 7.21. The van der Waals surface area contributed by atoms with Crippen LogP contribution in [-0.4, -0.2) is 45.8 Å². The third-order valence-electron chi connectivity index (χ3n) is 4.98. The summed E-state index contributed by atoms with van der Waals surface area (Å²) >= 11 is 1.57. The van der Waals surface area contributed by atoms with Gasteiger partial charge in [-0.05, 0) is 44.2 Å². The highest BCUT2D eigenvalue weighted by atomic mass is 32.2. The molecule has 1 saturated heterocycles. The van der Waals surface area contributed by atoms with Gasteiger partial charge in [0, 0.05) is 18.3 Å². The largest absolute Gasteiger partial charge is 0.342 e. The predicted molar refractivity (Wildman–Crippen MR) is 98.1 cm³/mol. The quantitative estimate of drug-likeness (QED) is 0.911. The first-order chi connectivity index (χ1) is 11.4. The summed E-state index contributed by atoms with van der Waals surface area (Å²) in [5, 5.41) is 2.94. The van der Waals surface area contributed by atoms with Crippen LogP contribution < -0.4 is 5.32 Å². The molecule has 5 heteroatoms. The molecule has 0 radical (unpaired) electrons. The van der Waals surface area contributed by atoms with Gasteiger partial charge in [-0.15, -0.1) is 11.8 Å². The highest BCUT2D eigenvalue weighted by Crippen LogP contribution is 2.31. The van der Waals surface area contributed by atoms with Gasteiger partial charge >= 0.3 is 0 Å². The van der Waals surface area contributed by atoms with Crippen LogP contribution >= 0.6 is 11.8 Å². The predicted octanol–water partition coefficient (Wildman–Crippen LogP) is 2.40. The molecule has 1 aromatic carbocycles. The second kappa shape index (κ2) is 6.79. The molecule has 1 atom stereocenters. The number of hydrogen-bond donors (Lipinski definition) is 1. The molecule has 1 fully saturated rings. The smallest absolute Gasteiger partial charge is 0.246 e. The molecule has 1 aliphatic carbocycles. The van der Waals surface area contributed by atoms with E-state index < -0.39 is 10.8 Å². The maximum absolute atomic E-state index is 13.1. The average Bonchev–Trinajstić information content (AvgIpc) is 2.98. The van der Waals surface area contributed by atoms with E-state index in [1.54, 1.807) is 11.8 Å². The molecule has 1 aromatic rings. The maximum atomic E-state index is 13.1. The molecular formula is C19H26N2O2S. The third-order valence-corrected chi connectivity index (χ3v) is 6.39. The van der Waals surface area contributed by atoms with Crippen molar-refractivity contribution in [3.8, 4) is 0 Å². The fourth-order valence-corrected chi connectivity index (χ4v) is 4.53. The third kappa shape index (κ3) is 3.32. The van der Waals surface area contributed by atoms with E-state index in [0.717, 1.165) is 25.8 Å². The van der Waals surface area contributed by atoms with Crippen LogP contribution in [0.3, 0.4) is 0 Å². The number of hydrogen-bond acceptors (Lipinski definition) is 3. The lowest BCUT2D eigenvalue weighted by Crippen LogP contribution is -2.59. The maximum Gasteiger partial charge on any atom is 0.246 e. The molecular weight excluding hydrogens is 320 g/mol. The van der Waals surface area contributed by atoms with Crippen molar-refractivity contribution in [2.75, 3.05) is 12.3 Å². The van der Waals surface area contributed by atoms with Gasteiger partial charge in [0.1, 0.15) is 6.04 Å². The summed E-state index contributed by atoms with van der Waals surface area (Å²) < 4.78 is -0.448. The average molecular weight is 346 g/mol. The highest BCUT2D eigenvalue weighted by Gasteiger charge is 2.40. The van der Waals surface area contributed by atoms with E-state index in [9.17, 15) is 9.59 Å². The van der Waals surface area contributed by atoms with Crippen LogP contribution in [0.2, 0.25) is 0 Å². The lowest BCUT2D eigenvalue weighted by molar-refractivity contribution is -0.138. The number of nitrogens with one attached hydrogen (secondary N) is 1. The van der Waals surface area contributed by atoms with E-state index in [-0.39, 0.29) is 17.9 Å². The highest BCUT2D eigenvalue weighted by molar-refractivity contribution is 8.01. The van der Waals surface area contributed by atoms with Gasteiger partial charge in [0.25, 0.3) is 0 Å². The molecule has 2 aliphatic rings. The molecule has 1 aliphatic heterocycles. The summed E-state index contributed by atoms with van der Waals surface area (Å²) in [5.41, 5.74) is 2.69. The van der Waals surface area contributed by atoms with Gasteiger partial charge < -0.3 is 10.2 Å². The molecule has 0 spiro atoms. The summed E-state index contributed by atoms with van der Waals surface area (Å²) in [4.78, 5) is 27.3. The molecule has 4 nitrogen and oxygen atoms in total. The van der Waals surface area contributed by atoms with Crippen molar-refractivity contribution in [1.82, 2.24) is 10.2 Å². The van der Waals surface area contributed by atoms with Crippen LogP contribution in [0.15, 0.2) is 24.3 Å². The Morgan fingerprint density at radius 1 is 1.29 bits per heavy atom.